The average molecular weight is 192 g/mol. The van der Waals surface area contributed by atoms with E-state index in [9.17, 15) is 8.42 Å². The number of hydrogen-bond acceptors (Lipinski definition) is 2. The maximum absolute atomic E-state index is 10.8. The summed E-state index contributed by atoms with van der Waals surface area (Å²) < 4.78 is 21.7. The van der Waals surface area contributed by atoms with E-state index in [2.05, 4.69) is 0 Å². The fraction of sp³-hybridized carbons (Fsp3) is 0.100. The quantitative estimate of drug-likeness (QED) is 0.584. The first kappa shape index (κ1) is 8.26. The Kier molecular flexibility index (Phi) is 2.02. The van der Waals surface area contributed by atoms with Gasteiger partial charge in [-0.05, 0) is 5.56 Å². The first-order valence-corrected chi connectivity index (χ1v) is 5.07. The van der Waals surface area contributed by atoms with Gasteiger partial charge in [-0.25, -0.2) is 0 Å². The lowest BCUT2D eigenvalue weighted by Gasteiger charge is -2.09. The Morgan fingerprint density at radius 3 is 2.69 bits per heavy atom. The summed E-state index contributed by atoms with van der Waals surface area (Å²) in [5, 5.41) is 0. The predicted molar refractivity (Wildman–Crippen MR) is 53.1 cm³/mol. The van der Waals surface area contributed by atoms with Crippen LogP contribution in [0.1, 0.15) is 17.5 Å². The molecule has 0 heterocycles. The van der Waals surface area contributed by atoms with Crippen LogP contribution in [0.2, 0.25) is 0 Å². The molecule has 0 atom stereocenters. The molecule has 1 aliphatic carbocycles. The first-order valence-electron chi connectivity index (χ1n) is 4.00. The number of allylic oxidation sites excluding steroid dienone is 1. The molecule has 0 amide bonds. The summed E-state index contributed by atoms with van der Waals surface area (Å²) in [4.78, 5) is 0.484. The van der Waals surface area contributed by atoms with E-state index in [1.807, 2.05) is 36.4 Å². The minimum Gasteiger partial charge on any atom is -0.184 e. The first-order chi connectivity index (χ1) is 6.29. The van der Waals surface area contributed by atoms with Gasteiger partial charge in [-0.2, -0.15) is 8.42 Å². The maximum atomic E-state index is 10.8. The molecule has 1 aromatic carbocycles. The highest BCUT2D eigenvalue weighted by atomic mass is 32.2. The number of hydrogen-bond donors (Lipinski definition) is 0. The zero-order valence-corrected chi connectivity index (χ0v) is 7.71. The summed E-state index contributed by atoms with van der Waals surface area (Å²) in [5.74, 6) is 0. The van der Waals surface area contributed by atoms with Crippen molar-refractivity contribution in [2.75, 3.05) is 0 Å². The Balaban J connectivity index is 2.77. The van der Waals surface area contributed by atoms with Crippen molar-refractivity contribution in [3.63, 3.8) is 0 Å². The maximum Gasteiger partial charge on any atom is 0.218 e. The van der Waals surface area contributed by atoms with Crippen molar-refractivity contribution < 1.29 is 8.42 Å². The van der Waals surface area contributed by atoms with E-state index in [1.54, 1.807) is 0 Å². The number of fused-ring (bicyclic) bond motifs is 1. The van der Waals surface area contributed by atoms with Gasteiger partial charge in [-0.1, -0.05) is 36.4 Å². The van der Waals surface area contributed by atoms with Crippen molar-refractivity contribution in [1.29, 1.82) is 0 Å². The molecule has 0 radical (unpaired) electrons. The molecule has 0 spiro atoms. The molecule has 2 nitrogen and oxygen atoms in total. The van der Waals surface area contributed by atoms with Crippen LogP contribution in [-0.4, -0.2) is 13.3 Å². The molecule has 0 saturated heterocycles. The van der Waals surface area contributed by atoms with Gasteiger partial charge < -0.3 is 0 Å². The van der Waals surface area contributed by atoms with Crippen LogP contribution in [0.3, 0.4) is 0 Å². The third-order valence-corrected chi connectivity index (χ3v) is 2.85. The summed E-state index contributed by atoms with van der Waals surface area (Å²) in [5.41, 5.74) is 1.81. The minimum atomic E-state index is -2.10. The van der Waals surface area contributed by atoms with Gasteiger partial charge in [0, 0.05) is 12.0 Å². The molecule has 0 saturated carbocycles. The Morgan fingerprint density at radius 2 is 1.92 bits per heavy atom. The molecule has 0 N–H and O–H groups in total. The monoisotopic (exact) mass is 192 g/mol. The smallest absolute Gasteiger partial charge is 0.184 e. The van der Waals surface area contributed by atoms with E-state index in [4.69, 9.17) is 0 Å². The highest BCUT2D eigenvalue weighted by Crippen LogP contribution is 2.18. The van der Waals surface area contributed by atoms with Crippen molar-refractivity contribution in [3.8, 4) is 0 Å². The van der Waals surface area contributed by atoms with Crippen LogP contribution in [0.5, 0.6) is 0 Å². The molecule has 13 heavy (non-hydrogen) atoms. The molecule has 0 bridgehead atoms. The topological polar surface area (TPSA) is 34.1 Å². The molecule has 0 aromatic heterocycles. The Hall–Kier alpha value is -1.35. The van der Waals surface area contributed by atoms with Crippen LogP contribution in [0.4, 0.5) is 0 Å². The standard InChI is InChI=1S/C10H8O2S/c11-13(12)10-7-3-5-8-4-1-2-6-9(8)10/h1-6H,7H2. The molecule has 0 aliphatic heterocycles. The minimum absolute atomic E-state index is 0.484. The second-order valence-electron chi connectivity index (χ2n) is 2.85. The SMILES string of the molecule is O=S(=O)=C1CC=Cc2ccccc21. The largest absolute Gasteiger partial charge is 0.218 e. The Morgan fingerprint density at radius 1 is 1.15 bits per heavy atom. The fourth-order valence-corrected chi connectivity index (χ4v) is 2.05. The second kappa shape index (κ2) is 3.18. The highest BCUT2D eigenvalue weighted by Gasteiger charge is 2.10. The predicted octanol–water partition coefficient (Wildman–Crippen LogP) is 1.50. The molecule has 0 unspecified atom stereocenters. The zero-order chi connectivity index (χ0) is 9.26. The van der Waals surface area contributed by atoms with Gasteiger partial charge in [0.1, 0.15) is 0 Å². The Bertz CT molecular complexity index is 487. The van der Waals surface area contributed by atoms with E-state index in [1.165, 1.54) is 0 Å². The molecule has 1 aliphatic rings. The lowest BCUT2D eigenvalue weighted by atomic mass is 9.98. The lowest BCUT2D eigenvalue weighted by molar-refractivity contribution is 0.627. The third-order valence-electron chi connectivity index (χ3n) is 2.06. The Labute approximate surface area is 78.1 Å². The average Bonchev–Trinajstić information content (AvgIpc) is 2.17. The summed E-state index contributed by atoms with van der Waals surface area (Å²) in [7, 11) is -2.10. The van der Waals surface area contributed by atoms with Gasteiger partial charge in [0.05, 0.1) is 4.86 Å². The van der Waals surface area contributed by atoms with Crippen molar-refractivity contribution in [2.45, 2.75) is 6.42 Å². The molecule has 1 aromatic rings. The number of benzene rings is 1. The third kappa shape index (κ3) is 1.42. The van der Waals surface area contributed by atoms with Crippen LogP contribution in [-0.2, 0) is 10.3 Å². The van der Waals surface area contributed by atoms with Crippen LogP contribution in [0.25, 0.3) is 6.08 Å². The van der Waals surface area contributed by atoms with Gasteiger partial charge in [0.2, 0.25) is 10.3 Å². The van der Waals surface area contributed by atoms with Crippen molar-refractivity contribution in [2.24, 2.45) is 0 Å². The summed E-state index contributed by atoms with van der Waals surface area (Å²) in [6, 6.07) is 7.51. The van der Waals surface area contributed by atoms with E-state index < -0.39 is 10.3 Å². The summed E-state index contributed by atoms with van der Waals surface area (Å²) in [6.07, 6.45) is 4.33. The number of rotatable bonds is 0. The normalized spacial score (nSPS) is 14.0. The lowest BCUT2D eigenvalue weighted by Crippen LogP contribution is -2.06. The van der Waals surface area contributed by atoms with E-state index in [0.717, 1.165) is 11.1 Å². The molecule has 2 rings (SSSR count). The van der Waals surface area contributed by atoms with Gasteiger partial charge >= 0.3 is 0 Å². The highest BCUT2D eigenvalue weighted by molar-refractivity contribution is 7.73. The van der Waals surface area contributed by atoms with Crippen LogP contribution in [0.15, 0.2) is 30.3 Å². The van der Waals surface area contributed by atoms with Crippen molar-refractivity contribution in [3.05, 3.63) is 41.5 Å². The van der Waals surface area contributed by atoms with E-state index in [0.29, 0.717) is 11.3 Å². The molecule has 0 fully saturated rings. The fourth-order valence-electron chi connectivity index (χ4n) is 1.46. The van der Waals surface area contributed by atoms with E-state index in [-0.39, 0.29) is 0 Å². The summed E-state index contributed by atoms with van der Waals surface area (Å²) >= 11 is 0. The van der Waals surface area contributed by atoms with Crippen molar-refractivity contribution in [1.82, 2.24) is 0 Å². The molecule has 66 valence electrons. The molecular weight excluding hydrogens is 184 g/mol. The molecule has 3 heteroatoms. The van der Waals surface area contributed by atoms with Gasteiger partial charge in [0.25, 0.3) is 0 Å². The summed E-state index contributed by atoms with van der Waals surface area (Å²) in [6.45, 7) is 0. The zero-order valence-electron chi connectivity index (χ0n) is 6.90. The van der Waals surface area contributed by atoms with Gasteiger partial charge in [-0.3, -0.25) is 0 Å². The van der Waals surface area contributed by atoms with E-state index >= 15 is 0 Å². The second-order valence-corrected chi connectivity index (χ2v) is 3.81. The van der Waals surface area contributed by atoms with Gasteiger partial charge in [0.15, 0.2) is 0 Å². The van der Waals surface area contributed by atoms with Crippen LogP contribution >= 0.6 is 0 Å². The van der Waals surface area contributed by atoms with Gasteiger partial charge in [-0.15, -0.1) is 0 Å². The molecular formula is C10H8O2S. The van der Waals surface area contributed by atoms with Crippen LogP contribution < -0.4 is 0 Å². The van der Waals surface area contributed by atoms with Crippen LogP contribution in [0, 0.1) is 0 Å². The van der Waals surface area contributed by atoms with Crippen molar-refractivity contribution >= 4 is 21.2 Å².